The van der Waals surface area contributed by atoms with Crippen LogP contribution < -0.4 is 0 Å². The van der Waals surface area contributed by atoms with Crippen LogP contribution in [-0.4, -0.2) is 96.7 Å². The SMILES string of the molecule is CCC(C)CCCCCCCCCCCCCCCCCCCCC(=O)OC[C@H](COP(=O)(O)OC[C@@H](O)COP(=O)(O)OC[C@@H](COC(=O)CCCCCCCCC(C)CC)OC(=O)CCCCCCCCCCCCC(C)C)OC(=O)CCCCCCCCCCCCCCCC(C)C. The molecule has 0 bridgehead atoms. The molecule has 0 aromatic rings. The van der Waals surface area contributed by atoms with Crippen LogP contribution in [0.25, 0.3) is 0 Å². The Hall–Kier alpha value is -1.94. The highest BCUT2D eigenvalue weighted by atomic mass is 31.2. The van der Waals surface area contributed by atoms with Gasteiger partial charge in [-0.15, -0.1) is 0 Å². The first-order chi connectivity index (χ1) is 48.7. The van der Waals surface area contributed by atoms with Crippen LogP contribution in [-0.2, 0) is 65.4 Å². The summed E-state index contributed by atoms with van der Waals surface area (Å²) in [5.41, 5.74) is 0. The number of carbonyl (C=O) groups is 4. The predicted octanol–water partition coefficient (Wildman–Crippen LogP) is 24.4. The van der Waals surface area contributed by atoms with Crippen LogP contribution >= 0.6 is 15.6 Å². The van der Waals surface area contributed by atoms with Crippen LogP contribution in [0.15, 0.2) is 0 Å². The normalized spacial score (nSPS) is 14.5. The third kappa shape index (κ3) is 73.4. The number of unbranched alkanes of at least 4 members (excludes halogenated alkanes) is 43. The van der Waals surface area contributed by atoms with Gasteiger partial charge in [-0.2, -0.15) is 0 Å². The molecule has 3 N–H and O–H groups in total. The summed E-state index contributed by atoms with van der Waals surface area (Å²) in [7, 11) is -9.92. The predicted molar refractivity (Wildman–Crippen MR) is 414 cm³/mol. The third-order valence-electron chi connectivity index (χ3n) is 19.8. The van der Waals surface area contributed by atoms with Crippen molar-refractivity contribution in [2.24, 2.45) is 23.7 Å². The van der Waals surface area contributed by atoms with Crippen molar-refractivity contribution in [3.8, 4) is 0 Å². The van der Waals surface area contributed by atoms with Gasteiger partial charge in [0.2, 0.25) is 0 Å². The van der Waals surface area contributed by atoms with Crippen molar-refractivity contribution >= 4 is 39.5 Å². The fraction of sp³-hybridized carbons (Fsp3) is 0.951. The summed E-state index contributed by atoms with van der Waals surface area (Å²) in [5, 5.41) is 10.6. The molecule has 4 unspecified atom stereocenters. The molecule has 17 nitrogen and oxygen atoms in total. The van der Waals surface area contributed by atoms with Crippen LogP contribution in [0.2, 0.25) is 0 Å². The minimum Gasteiger partial charge on any atom is -0.462 e. The molecule has 0 amide bonds. The fourth-order valence-corrected chi connectivity index (χ4v) is 14.1. The minimum atomic E-state index is -4.96. The minimum absolute atomic E-state index is 0.105. The lowest BCUT2D eigenvalue weighted by Gasteiger charge is -2.21. The molecule has 0 aromatic heterocycles. The first-order valence-corrected chi connectivity index (χ1v) is 45.3. The summed E-state index contributed by atoms with van der Waals surface area (Å²) in [6.45, 7) is 14.3. The molecule has 7 atom stereocenters. The molecule has 0 aromatic carbocycles. The molecule has 0 spiro atoms. The Kier molecular flexibility index (Phi) is 69.6. The first kappa shape index (κ1) is 99.1. The van der Waals surface area contributed by atoms with Gasteiger partial charge in [-0.3, -0.25) is 37.3 Å². The van der Waals surface area contributed by atoms with Gasteiger partial charge in [-0.05, 0) is 49.4 Å². The number of phosphoric acid groups is 2. The lowest BCUT2D eigenvalue weighted by Crippen LogP contribution is -2.30. The van der Waals surface area contributed by atoms with Gasteiger partial charge in [0, 0.05) is 25.7 Å². The summed E-state index contributed by atoms with van der Waals surface area (Å²) < 4.78 is 68.7. The number of hydrogen-bond acceptors (Lipinski definition) is 15. The lowest BCUT2D eigenvalue weighted by molar-refractivity contribution is -0.161. The van der Waals surface area contributed by atoms with Crippen molar-refractivity contribution < 1.29 is 80.2 Å². The topological polar surface area (TPSA) is 237 Å². The van der Waals surface area contributed by atoms with Crippen LogP contribution in [0, 0.1) is 23.7 Å². The van der Waals surface area contributed by atoms with Crippen molar-refractivity contribution in [1.29, 1.82) is 0 Å². The second-order valence-corrected chi connectivity index (χ2v) is 33.9. The molecule has 101 heavy (non-hydrogen) atoms. The molecule has 0 heterocycles. The molecule has 0 fully saturated rings. The zero-order chi connectivity index (χ0) is 74.6. The number of hydrogen-bond donors (Lipinski definition) is 3. The number of ether oxygens (including phenoxy) is 4. The highest BCUT2D eigenvalue weighted by Gasteiger charge is 2.30. The largest absolute Gasteiger partial charge is 0.472 e. The maximum Gasteiger partial charge on any atom is 0.472 e. The highest BCUT2D eigenvalue weighted by molar-refractivity contribution is 7.47. The Labute approximate surface area is 619 Å². The number of rotatable bonds is 79. The number of aliphatic hydroxyl groups excluding tert-OH is 1. The third-order valence-corrected chi connectivity index (χ3v) is 21.7. The van der Waals surface area contributed by atoms with E-state index in [9.17, 15) is 43.2 Å². The van der Waals surface area contributed by atoms with Gasteiger partial charge in [0.25, 0.3) is 0 Å². The van der Waals surface area contributed by atoms with Gasteiger partial charge in [0.15, 0.2) is 12.2 Å². The Morgan fingerprint density at radius 1 is 0.277 bits per heavy atom. The second kappa shape index (κ2) is 71.0. The van der Waals surface area contributed by atoms with Gasteiger partial charge in [0.05, 0.1) is 26.4 Å². The average molecular weight is 1480 g/mol. The van der Waals surface area contributed by atoms with E-state index in [-0.39, 0.29) is 25.7 Å². The van der Waals surface area contributed by atoms with E-state index in [4.69, 9.17) is 37.0 Å². The first-order valence-electron chi connectivity index (χ1n) is 42.3. The molecular weight excluding hydrogens is 1320 g/mol. The zero-order valence-electron chi connectivity index (χ0n) is 66.5. The van der Waals surface area contributed by atoms with Crippen LogP contribution in [0.5, 0.6) is 0 Å². The molecular formula is C82H160O17P2. The Morgan fingerprint density at radius 2 is 0.475 bits per heavy atom. The highest BCUT2D eigenvalue weighted by Crippen LogP contribution is 2.45. The summed E-state index contributed by atoms with van der Waals surface area (Å²) in [5.74, 6) is 1.03. The van der Waals surface area contributed by atoms with Gasteiger partial charge >= 0.3 is 39.5 Å². The molecule has 0 radical (unpaired) electrons. The van der Waals surface area contributed by atoms with E-state index < -0.39 is 97.5 Å². The van der Waals surface area contributed by atoms with Gasteiger partial charge in [-0.25, -0.2) is 9.13 Å². The maximum atomic E-state index is 13.1. The standard InChI is InChI=1S/C82H160O17P2/c1-9-74(7)60-52-44-36-30-23-19-15-13-11-12-14-16-20-24-31-37-46-54-62-79(84)92-68-77(98-81(86)64-56-48-38-32-25-21-17-18-22-28-34-42-50-58-72(3)4)70-96-100(88,89)94-66-76(83)67-95-101(90,91)97-71-78(69-93-80(85)63-55-47-41-40-45-53-61-75(8)10-2)99-82(87)65-57-49-39-33-27-26-29-35-43-51-59-73(5)6/h72-78,83H,9-71H2,1-8H3,(H,88,89)(H,90,91)/t74?,75?,76-,77-,78-/m1/s1. The summed E-state index contributed by atoms with van der Waals surface area (Å²) >= 11 is 0. The molecule has 0 rings (SSSR count). The molecule has 0 aliphatic rings. The van der Waals surface area contributed by atoms with E-state index in [1.807, 2.05) is 0 Å². The molecule has 0 aliphatic heterocycles. The number of esters is 4. The quantitative estimate of drug-likeness (QED) is 0.0222. The van der Waals surface area contributed by atoms with Crippen molar-refractivity contribution in [1.82, 2.24) is 0 Å². The van der Waals surface area contributed by atoms with Crippen molar-refractivity contribution in [2.45, 2.75) is 440 Å². The number of aliphatic hydroxyl groups is 1. The Bertz CT molecular complexity index is 1980. The zero-order valence-corrected chi connectivity index (χ0v) is 68.3. The molecule has 0 aliphatic carbocycles. The molecule has 0 saturated heterocycles. The molecule has 600 valence electrons. The average Bonchev–Trinajstić information content (AvgIpc) is 0.951. The second-order valence-electron chi connectivity index (χ2n) is 31.0. The smallest absolute Gasteiger partial charge is 0.462 e. The van der Waals surface area contributed by atoms with Crippen LogP contribution in [0.3, 0.4) is 0 Å². The van der Waals surface area contributed by atoms with Gasteiger partial charge in [-0.1, -0.05) is 370 Å². The van der Waals surface area contributed by atoms with Crippen molar-refractivity contribution in [3.05, 3.63) is 0 Å². The maximum absolute atomic E-state index is 13.1. The number of phosphoric ester groups is 2. The van der Waals surface area contributed by atoms with E-state index in [1.54, 1.807) is 0 Å². The van der Waals surface area contributed by atoms with Crippen molar-refractivity contribution in [3.63, 3.8) is 0 Å². The van der Waals surface area contributed by atoms with Crippen LogP contribution in [0.1, 0.15) is 421 Å². The monoisotopic (exact) mass is 1480 g/mol. The van der Waals surface area contributed by atoms with Crippen molar-refractivity contribution in [2.75, 3.05) is 39.6 Å². The van der Waals surface area contributed by atoms with E-state index in [1.165, 1.54) is 218 Å². The Balaban J connectivity index is 5.21. The summed E-state index contributed by atoms with van der Waals surface area (Å²) in [6.07, 6.45) is 58.4. The van der Waals surface area contributed by atoms with E-state index in [2.05, 4.69) is 55.4 Å². The van der Waals surface area contributed by atoms with Crippen LogP contribution in [0.4, 0.5) is 0 Å². The van der Waals surface area contributed by atoms with E-state index in [0.29, 0.717) is 25.7 Å². The van der Waals surface area contributed by atoms with Gasteiger partial charge < -0.3 is 33.8 Å². The van der Waals surface area contributed by atoms with E-state index >= 15 is 0 Å². The molecule has 19 heteroatoms. The molecule has 0 saturated carbocycles. The fourth-order valence-electron chi connectivity index (χ4n) is 12.5. The Morgan fingerprint density at radius 3 is 0.703 bits per heavy atom. The summed E-state index contributed by atoms with van der Waals surface area (Å²) in [4.78, 5) is 73.0. The lowest BCUT2D eigenvalue weighted by atomic mass is 9.99. The number of carbonyl (C=O) groups excluding carboxylic acids is 4. The summed E-state index contributed by atoms with van der Waals surface area (Å²) in [6, 6.07) is 0. The van der Waals surface area contributed by atoms with E-state index in [0.717, 1.165) is 120 Å². The van der Waals surface area contributed by atoms with Gasteiger partial charge in [0.1, 0.15) is 19.3 Å².